The van der Waals surface area contributed by atoms with Gasteiger partial charge in [0.1, 0.15) is 5.15 Å². The molecule has 0 fully saturated rings. The first kappa shape index (κ1) is 20.2. The summed E-state index contributed by atoms with van der Waals surface area (Å²) in [5.41, 5.74) is 4.74. The molecule has 2 N–H and O–H groups in total. The molecule has 2 aromatic rings. The van der Waals surface area contributed by atoms with Crippen LogP contribution >= 0.6 is 11.6 Å². The molecule has 0 aliphatic rings. The van der Waals surface area contributed by atoms with Crippen LogP contribution in [0, 0.1) is 13.8 Å². The first-order chi connectivity index (χ1) is 12.4. The fraction of sp³-hybridized carbons (Fsp3) is 0.526. The van der Waals surface area contributed by atoms with E-state index in [1.54, 1.807) is 6.20 Å². The third-order valence-corrected chi connectivity index (χ3v) is 4.58. The highest BCUT2D eigenvalue weighted by Gasteiger charge is 2.13. The number of halogens is 1. The molecule has 0 bridgehead atoms. The van der Waals surface area contributed by atoms with Gasteiger partial charge in [-0.05, 0) is 57.7 Å². The monoisotopic (exact) mass is 376 g/mol. The third kappa shape index (κ3) is 5.73. The van der Waals surface area contributed by atoms with Crippen LogP contribution in [-0.4, -0.2) is 39.9 Å². The topological polar surface area (TPSA) is 67.1 Å². The Bertz CT molecular complexity index is 735. The van der Waals surface area contributed by atoms with Gasteiger partial charge in [0.25, 0.3) is 0 Å². The SMILES string of the molecule is CCNC(=NCCc1ccc(Cl)nc1)NC(C)Cc1c(C)nn(C)c1C. The maximum absolute atomic E-state index is 5.82. The number of rotatable bonds is 7. The van der Waals surface area contributed by atoms with Crippen LogP contribution in [0.15, 0.2) is 23.3 Å². The van der Waals surface area contributed by atoms with E-state index in [2.05, 4.69) is 53.4 Å². The van der Waals surface area contributed by atoms with Crippen LogP contribution in [-0.2, 0) is 19.9 Å². The summed E-state index contributed by atoms with van der Waals surface area (Å²) in [6.07, 6.45) is 3.54. The lowest BCUT2D eigenvalue weighted by molar-refractivity contribution is 0.635. The maximum Gasteiger partial charge on any atom is 0.191 e. The molecule has 1 atom stereocenters. The summed E-state index contributed by atoms with van der Waals surface area (Å²) in [6.45, 7) is 9.93. The van der Waals surface area contributed by atoms with E-state index < -0.39 is 0 Å². The van der Waals surface area contributed by atoms with Crippen LogP contribution in [0.25, 0.3) is 0 Å². The highest BCUT2D eigenvalue weighted by Crippen LogP contribution is 2.14. The fourth-order valence-corrected chi connectivity index (χ4v) is 2.99. The second kappa shape index (κ2) is 9.57. The molecule has 6 nitrogen and oxygen atoms in total. The van der Waals surface area contributed by atoms with Crippen molar-refractivity contribution in [3.63, 3.8) is 0 Å². The Morgan fingerprint density at radius 1 is 1.35 bits per heavy atom. The lowest BCUT2D eigenvalue weighted by Crippen LogP contribution is -2.43. The zero-order valence-corrected chi connectivity index (χ0v) is 17.1. The minimum Gasteiger partial charge on any atom is -0.357 e. The highest BCUT2D eigenvalue weighted by molar-refractivity contribution is 6.29. The molecule has 0 spiro atoms. The van der Waals surface area contributed by atoms with E-state index in [0.29, 0.717) is 11.7 Å². The minimum absolute atomic E-state index is 0.256. The largest absolute Gasteiger partial charge is 0.357 e. The Labute approximate surface area is 161 Å². The molecule has 2 rings (SSSR count). The average molecular weight is 377 g/mol. The first-order valence-electron chi connectivity index (χ1n) is 9.05. The van der Waals surface area contributed by atoms with Gasteiger partial charge < -0.3 is 10.6 Å². The van der Waals surface area contributed by atoms with Gasteiger partial charge in [-0.1, -0.05) is 17.7 Å². The molecule has 2 aromatic heterocycles. The van der Waals surface area contributed by atoms with E-state index in [-0.39, 0.29) is 6.04 Å². The summed E-state index contributed by atoms with van der Waals surface area (Å²) in [5, 5.41) is 11.8. The Hall–Kier alpha value is -2.08. The van der Waals surface area contributed by atoms with Crippen LogP contribution in [0.5, 0.6) is 0 Å². The van der Waals surface area contributed by atoms with Crippen molar-refractivity contribution in [2.45, 2.75) is 46.6 Å². The van der Waals surface area contributed by atoms with Crippen LogP contribution in [0.3, 0.4) is 0 Å². The molecule has 1 unspecified atom stereocenters. The van der Waals surface area contributed by atoms with Crippen molar-refractivity contribution in [2.75, 3.05) is 13.1 Å². The predicted molar refractivity (Wildman–Crippen MR) is 108 cm³/mol. The smallest absolute Gasteiger partial charge is 0.191 e. The Morgan fingerprint density at radius 3 is 2.69 bits per heavy atom. The minimum atomic E-state index is 0.256. The average Bonchev–Trinajstić information content (AvgIpc) is 2.83. The molecular weight excluding hydrogens is 348 g/mol. The molecular formula is C19H29ClN6. The van der Waals surface area contributed by atoms with Gasteiger partial charge in [0.15, 0.2) is 5.96 Å². The summed E-state index contributed by atoms with van der Waals surface area (Å²) < 4.78 is 1.94. The number of guanidine groups is 1. The summed E-state index contributed by atoms with van der Waals surface area (Å²) >= 11 is 5.82. The molecule has 26 heavy (non-hydrogen) atoms. The number of nitrogens with one attached hydrogen (secondary N) is 2. The summed E-state index contributed by atoms with van der Waals surface area (Å²) in [7, 11) is 1.99. The second-order valence-electron chi connectivity index (χ2n) is 6.52. The van der Waals surface area contributed by atoms with Gasteiger partial charge in [0.05, 0.1) is 5.69 Å². The number of nitrogens with zero attached hydrogens (tertiary/aromatic N) is 4. The van der Waals surface area contributed by atoms with Crippen molar-refractivity contribution >= 4 is 17.6 Å². The molecule has 0 aliphatic heterocycles. The summed E-state index contributed by atoms with van der Waals surface area (Å²) in [4.78, 5) is 8.78. The van der Waals surface area contributed by atoms with E-state index in [1.165, 1.54) is 11.3 Å². The van der Waals surface area contributed by atoms with Gasteiger partial charge in [-0.3, -0.25) is 9.67 Å². The van der Waals surface area contributed by atoms with Crippen molar-refractivity contribution in [1.29, 1.82) is 0 Å². The van der Waals surface area contributed by atoms with Gasteiger partial charge >= 0.3 is 0 Å². The Morgan fingerprint density at radius 2 is 2.12 bits per heavy atom. The predicted octanol–water partition coefficient (Wildman–Crippen LogP) is 2.81. The fourth-order valence-electron chi connectivity index (χ4n) is 2.87. The third-order valence-electron chi connectivity index (χ3n) is 4.36. The number of aryl methyl sites for hydroxylation is 2. The van der Waals surface area contributed by atoms with Crippen LogP contribution in [0.1, 0.15) is 36.4 Å². The van der Waals surface area contributed by atoms with Crippen molar-refractivity contribution in [3.05, 3.63) is 46.0 Å². The quantitative estimate of drug-likeness (QED) is 0.443. The molecule has 7 heteroatoms. The van der Waals surface area contributed by atoms with Crippen molar-refractivity contribution in [2.24, 2.45) is 12.0 Å². The maximum atomic E-state index is 5.82. The molecule has 0 saturated heterocycles. The number of hydrogen-bond donors (Lipinski definition) is 2. The molecule has 0 amide bonds. The van der Waals surface area contributed by atoms with E-state index in [1.807, 2.05) is 23.9 Å². The first-order valence-corrected chi connectivity index (χ1v) is 9.42. The zero-order valence-electron chi connectivity index (χ0n) is 16.3. The molecule has 0 radical (unpaired) electrons. The van der Waals surface area contributed by atoms with Gasteiger partial charge in [-0.2, -0.15) is 5.10 Å². The standard InChI is InChI=1S/C19H29ClN6/c1-6-21-19(22-10-9-16-7-8-18(20)23-12-16)24-13(2)11-17-14(3)25-26(5)15(17)4/h7-8,12-13H,6,9-11H2,1-5H3,(H2,21,22,24). The lowest BCUT2D eigenvalue weighted by Gasteiger charge is -2.18. The van der Waals surface area contributed by atoms with Gasteiger partial charge in [-0.15, -0.1) is 0 Å². The van der Waals surface area contributed by atoms with E-state index in [4.69, 9.17) is 11.6 Å². The number of aliphatic imine (C=N–C) groups is 1. The normalized spacial score (nSPS) is 12.9. The van der Waals surface area contributed by atoms with Gasteiger partial charge in [0.2, 0.25) is 0 Å². The Kier molecular flexibility index (Phi) is 7.45. The number of aromatic nitrogens is 3. The summed E-state index contributed by atoms with van der Waals surface area (Å²) in [6, 6.07) is 4.05. The van der Waals surface area contributed by atoms with Crippen LogP contribution < -0.4 is 10.6 Å². The molecule has 142 valence electrons. The van der Waals surface area contributed by atoms with Crippen LogP contribution in [0.4, 0.5) is 0 Å². The van der Waals surface area contributed by atoms with Gasteiger partial charge in [0, 0.05) is 38.1 Å². The molecule has 0 aliphatic carbocycles. The van der Waals surface area contributed by atoms with E-state index in [9.17, 15) is 0 Å². The van der Waals surface area contributed by atoms with Crippen molar-refractivity contribution in [3.8, 4) is 0 Å². The number of hydrogen-bond acceptors (Lipinski definition) is 3. The van der Waals surface area contributed by atoms with Gasteiger partial charge in [-0.25, -0.2) is 4.98 Å². The molecule has 0 saturated carbocycles. The summed E-state index contributed by atoms with van der Waals surface area (Å²) in [5.74, 6) is 0.834. The van der Waals surface area contributed by atoms with Crippen molar-refractivity contribution in [1.82, 2.24) is 25.4 Å². The molecule has 0 aromatic carbocycles. The van der Waals surface area contributed by atoms with E-state index in [0.717, 1.165) is 36.6 Å². The number of pyridine rings is 1. The second-order valence-corrected chi connectivity index (χ2v) is 6.91. The lowest BCUT2D eigenvalue weighted by atomic mass is 10.1. The molecule has 2 heterocycles. The van der Waals surface area contributed by atoms with Crippen molar-refractivity contribution < 1.29 is 0 Å². The zero-order chi connectivity index (χ0) is 19.1. The van der Waals surface area contributed by atoms with Crippen LogP contribution in [0.2, 0.25) is 5.15 Å². The van der Waals surface area contributed by atoms with E-state index >= 15 is 0 Å². The Balaban J connectivity index is 1.94. The highest BCUT2D eigenvalue weighted by atomic mass is 35.5.